The zero-order chi connectivity index (χ0) is 16.2. The Morgan fingerprint density at radius 3 is 2.62 bits per heavy atom. The van der Waals surface area contributed by atoms with Gasteiger partial charge in [0.05, 0.1) is 10.3 Å². The second kappa shape index (κ2) is 6.49. The van der Waals surface area contributed by atoms with Crippen molar-refractivity contribution in [1.82, 2.24) is 15.6 Å². The maximum atomic E-state index is 12.0. The molecule has 0 fully saturated rings. The summed E-state index contributed by atoms with van der Waals surface area (Å²) in [5.74, 6) is -0.951. The number of hydrogen-bond acceptors (Lipinski definition) is 5. The molecule has 1 aromatic heterocycles. The average Bonchev–Trinajstić information content (AvgIpc) is 2.43. The Kier molecular flexibility index (Phi) is 5.20. The molecule has 1 rings (SSSR count). The van der Waals surface area contributed by atoms with Crippen molar-refractivity contribution in [2.24, 2.45) is 5.41 Å². The van der Waals surface area contributed by atoms with Crippen LogP contribution in [0.25, 0.3) is 0 Å². The minimum atomic E-state index is -0.851. The van der Waals surface area contributed by atoms with Gasteiger partial charge in [-0.25, -0.2) is 4.98 Å². The number of halogens is 1. The highest BCUT2D eigenvalue weighted by Gasteiger charge is 2.29. The van der Waals surface area contributed by atoms with Crippen LogP contribution in [-0.2, 0) is 4.79 Å². The van der Waals surface area contributed by atoms with E-state index in [1.165, 1.54) is 7.05 Å². The van der Waals surface area contributed by atoms with Crippen LogP contribution in [0.5, 0.6) is 0 Å². The highest BCUT2D eigenvalue weighted by Crippen LogP contribution is 2.21. The average molecular weight is 315 g/mol. The predicted molar refractivity (Wildman–Crippen MR) is 76.1 cm³/mol. The first-order valence-electron chi connectivity index (χ1n) is 5.99. The molecule has 2 N–H and O–H groups in total. The SMILES string of the molecule is CNC(=O)C(C)(C)CNC(=O)c1cc(Cl)ncc1[N+](=O)[O-]. The Bertz CT molecular complexity index is 589. The molecule has 1 heterocycles. The summed E-state index contributed by atoms with van der Waals surface area (Å²) in [4.78, 5) is 37.4. The van der Waals surface area contributed by atoms with Crippen molar-refractivity contribution in [3.8, 4) is 0 Å². The lowest BCUT2D eigenvalue weighted by Gasteiger charge is -2.22. The summed E-state index contributed by atoms with van der Waals surface area (Å²) < 4.78 is 0. The summed E-state index contributed by atoms with van der Waals surface area (Å²) in [6.45, 7) is 3.29. The number of hydrogen-bond donors (Lipinski definition) is 2. The molecule has 0 atom stereocenters. The topological polar surface area (TPSA) is 114 Å². The van der Waals surface area contributed by atoms with Crippen LogP contribution in [-0.4, -0.2) is 35.3 Å². The van der Waals surface area contributed by atoms with Gasteiger partial charge in [0.2, 0.25) is 5.91 Å². The summed E-state index contributed by atoms with van der Waals surface area (Å²) >= 11 is 5.65. The minimum Gasteiger partial charge on any atom is -0.359 e. The molecule has 0 aliphatic carbocycles. The lowest BCUT2D eigenvalue weighted by molar-refractivity contribution is -0.385. The number of nitrogens with one attached hydrogen (secondary N) is 2. The molecule has 2 amide bonds. The standard InChI is InChI=1S/C12H15ClN4O4/c1-12(2,11(19)14-3)6-16-10(18)7-4-9(13)15-5-8(7)17(20)21/h4-5H,6H2,1-3H3,(H,14,19)(H,16,18). The van der Waals surface area contributed by atoms with Crippen LogP contribution in [0.2, 0.25) is 5.15 Å². The Morgan fingerprint density at radius 2 is 2.10 bits per heavy atom. The quantitative estimate of drug-likeness (QED) is 0.480. The molecular weight excluding hydrogens is 300 g/mol. The number of rotatable bonds is 5. The number of aromatic nitrogens is 1. The van der Waals surface area contributed by atoms with E-state index in [4.69, 9.17) is 11.6 Å². The van der Waals surface area contributed by atoms with E-state index < -0.39 is 21.9 Å². The fraction of sp³-hybridized carbons (Fsp3) is 0.417. The van der Waals surface area contributed by atoms with Crippen molar-refractivity contribution < 1.29 is 14.5 Å². The molecule has 0 saturated heterocycles. The number of nitro groups is 1. The van der Waals surface area contributed by atoms with Crippen molar-refractivity contribution in [2.45, 2.75) is 13.8 Å². The van der Waals surface area contributed by atoms with Crippen molar-refractivity contribution in [3.63, 3.8) is 0 Å². The normalized spacial score (nSPS) is 10.9. The van der Waals surface area contributed by atoms with Gasteiger partial charge < -0.3 is 10.6 Å². The lowest BCUT2D eigenvalue weighted by Crippen LogP contribution is -2.43. The minimum absolute atomic E-state index is 0.0165. The molecule has 8 nitrogen and oxygen atoms in total. The van der Waals surface area contributed by atoms with E-state index >= 15 is 0 Å². The summed E-state index contributed by atoms with van der Waals surface area (Å²) in [6, 6.07) is 1.11. The first-order valence-corrected chi connectivity index (χ1v) is 6.37. The number of nitrogens with zero attached hydrogens (tertiary/aromatic N) is 2. The number of amides is 2. The molecule has 0 aromatic carbocycles. The number of pyridine rings is 1. The molecular formula is C12H15ClN4O4. The van der Waals surface area contributed by atoms with Crippen LogP contribution in [0, 0.1) is 15.5 Å². The maximum absolute atomic E-state index is 12.0. The maximum Gasteiger partial charge on any atom is 0.300 e. The van der Waals surface area contributed by atoms with Crippen LogP contribution in [0.15, 0.2) is 12.3 Å². The van der Waals surface area contributed by atoms with Crippen LogP contribution in [0.1, 0.15) is 24.2 Å². The van der Waals surface area contributed by atoms with Crippen LogP contribution < -0.4 is 10.6 Å². The van der Waals surface area contributed by atoms with E-state index in [-0.39, 0.29) is 23.2 Å². The molecule has 0 bridgehead atoms. The summed E-state index contributed by atoms with van der Waals surface area (Å²) in [6.07, 6.45) is 0.918. The largest absolute Gasteiger partial charge is 0.359 e. The van der Waals surface area contributed by atoms with E-state index in [2.05, 4.69) is 15.6 Å². The summed E-state index contributed by atoms with van der Waals surface area (Å²) in [7, 11) is 1.49. The first kappa shape index (κ1) is 16.8. The van der Waals surface area contributed by atoms with Gasteiger partial charge in [0, 0.05) is 13.6 Å². The highest BCUT2D eigenvalue weighted by molar-refractivity contribution is 6.29. The van der Waals surface area contributed by atoms with Gasteiger partial charge in [0.25, 0.3) is 11.6 Å². The molecule has 0 aliphatic rings. The highest BCUT2D eigenvalue weighted by atomic mass is 35.5. The first-order chi connectivity index (χ1) is 9.69. The molecule has 0 unspecified atom stereocenters. The second-order valence-electron chi connectivity index (χ2n) is 4.93. The van der Waals surface area contributed by atoms with E-state index in [0.29, 0.717) is 0 Å². The van der Waals surface area contributed by atoms with Gasteiger partial charge in [0.1, 0.15) is 16.9 Å². The zero-order valence-electron chi connectivity index (χ0n) is 11.8. The van der Waals surface area contributed by atoms with E-state index in [1.807, 2.05) is 0 Å². The van der Waals surface area contributed by atoms with E-state index in [0.717, 1.165) is 12.3 Å². The monoisotopic (exact) mass is 314 g/mol. The van der Waals surface area contributed by atoms with Gasteiger partial charge >= 0.3 is 0 Å². The van der Waals surface area contributed by atoms with E-state index in [1.54, 1.807) is 13.8 Å². The Morgan fingerprint density at radius 1 is 1.48 bits per heavy atom. The van der Waals surface area contributed by atoms with Gasteiger partial charge in [-0.1, -0.05) is 11.6 Å². The van der Waals surface area contributed by atoms with Crippen molar-refractivity contribution in [1.29, 1.82) is 0 Å². The lowest BCUT2D eigenvalue weighted by atomic mass is 9.92. The summed E-state index contributed by atoms with van der Waals surface area (Å²) in [5, 5.41) is 15.8. The van der Waals surface area contributed by atoms with E-state index in [9.17, 15) is 19.7 Å². The molecule has 0 aliphatic heterocycles. The van der Waals surface area contributed by atoms with Crippen LogP contribution in [0.3, 0.4) is 0 Å². The third-order valence-corrected chi connectivity index (χ3v) is 3.03. The van der Waals surface area contributed by atoms with Crippen molar-refractivity contribution in [2.75, 3.05) is 13.6 Å². The van der Waals surface area contributed by atoms with Crippen molar-refractivity contribution in [3.05, 3.63) is 33.1 Å². The fourth-order valence-corrected chi connectivity index (χ4v) is 1.72. The van der Waals surface area contributed by atoms with Crippen molar-refractivity contribution >= 4 is 29.1 Å². The van der Waals surface area contributed by atoms with Gasteiger partial charge in [-0.05, 0) is 19.9 Å². The molecule has 21 heavy (non-hydrogen) atoms. The van der Waals surface area contributed by atoms with Gasteiger partial charge in [0.15, 0.2) is 0 Å². The third-order valence-electron chi connectivity index (χ3n) is 2.82. The van der Waals surface area contributed by atoms with Crippen LogP contribution in [0.4, 0.5) is 5.69 Å². The molecule has 0 radical (unpaired) electrons. The number of carbonyl (C=O) groups excluding carboxylic acids is 2. The van der Waals surface area contributed by atoms with Gasteiger partial charge in [-0.2, -0.15) is 0 Å². The molecule has 114 valence electrons. The summed E-state index contributed by atoms with van der Waals surface area (Å²) in [5.41, 5.74) is -1.50. The Balaban J connectivity index is 2.93. The molecule has 1 aromatic rings. The van der Waals surface area contributed by atoms with Gasteiger partial charge in [-0.15, -0.1) is 0 Å². The third kappa shape index (κ3) is 4.12. The molecule has 9 heteroatoms. The second-order valence-corrected chi connectivity index (χ2v) is 5.31. The molecule has 0 saturated carbocycles. The zero-order valence-corrected chi connectivity index (χ0v) is 12.5. The Hall–Kier alpha value is -2.22. The van der Waals surface area contributed by atoms with Crippen LogP contribution >= 0.6 is 11.6 Å². The van der Waals surface area contributed by atoms with Gasteiger partial charge in [-0.3, -0.25) is 19.7 Å². The Labute approximate surface area is 126 Å². The predicted octanol–water partition coefficient (Wildman–Crippen LogP) is 1.15. The smallest absolute Gasteiger partial charge is 0.300 e. The fourth-order valence-electron chi connectivity index (χ4n) is 1.57. The molecule has 0 spiro atoms. The number of carbonyl (C=O) groups is 2.